The Morgan fingerprint density at radius 1 is 0.545 bits per heavy atom. The van der Waals surface area contributed by atoms with Crippen molar-refractivity contribution in [1.29, 1.82) is 0 Å². The van der Waals surface area contributed by atoms with Crippen molar-refractivity contribution < 1.29 is 17.1 Å². The van der Waals surface area contributed by atoms with E-state index in [0.29, 0.717) is 7.35 Å². The van der Waals surface area contributed by atoms with Crippen molar-refractivity contribution in [2.45, 2.75) is 82.2 Å². The fourth-order valence-electron chi connectivity index (χ4n) is 10.3. The molecule has 2 aliphatic carbocycles. The molecule has 0 spiro atoms. The van der Waals surface area contributed by atoms with Crippen molar-refractivity contribution in [2.24, 2.45) is 0 Å². The van der Waals surface area contributed by atoms with E-state index in [1.54, 1.807) is 11.1 Å². The van der Waals surface area contributed by atoms with E-state index in [0.717, 1.165) is 0 Å². The van der Waals surface area contributed by atoms with Gasteiger partial charge in [-0.2, -0.15) is 0 Å². The van der Waals surface area contributed by atoms with Gasteiger partial charge in [0.1, 0.15) is 0 Å². The fraction of sp³-hybridized carbons (Fsp3) is 0.333. The molecule has 0 saturated carbocycles. The number of benzene rings is 4. The minimum absolute atomic E-state index is 0.261. The average Bonchev–Trinajstić information content (AvgIpc) is 3.57. The topological polar surface area (TPSA) is 0 Å². The van der Waals surface area contributed by atoms with Crippen LogP contribution in [-0.2, 0) is 17.1 Å². The minimum atomic E-state index is -4.13. The molecule has 2 atom stereocenters. The zero-order valence-electron chi connectivity index (χ0n) is 28.5. The van der Waals surface area contributed by atoms with Crippen LogP contribution >= 0.6 is 0 Å². The molecule has 4 aromatic carbocycles. The summed E-state index contributed by atoms with van der Waals surface area (Å²) in [6.45, 7) is 19.8. The van der Waals surface area contributed by atoms with Crippen LogP contribution in [0.15, 0.2) is 97.1 Å². The summed E-state index contributed by atoms with van der Waals surface area (Å²) in [5.41, 5.74) is 13.2. The third kappa shape index (κ3) is 5.05. The summed E-state index contributed by atoms with van der Waals surface area (Å²) < 4.78 is 6.80. The predicted octanol–water partition coefficient (Wildman–Crippen LogP) is 12.9. The van der Waals surface area contributed by atoms with Crippen LogP contribution in [0, 0.1) is 13.8 Å². The van der Waals surface area contributed by atoms with Gasteiger partial charge in [-0.05, 0) is 0 Å². The van der Waals surface area contributed by atoms with E-state index in [4.69, 9.17) is 0 Å². The van der Waals surface area contributed by atoms with Crippen molar-refractivity contribution in [2.75, 3.05) is 0 Å². The molecule has 2 heteroatoms. The summed E-state index contributed by atoms with van der Waals surface area (Å²) in [6.07, 6.45) is 10.4. The molecular formula is C42H50HfSi. The first-order chi connectivity index (χ1) is 20.6. The van der Waals surface area contributed by atoms with Crippen molar-refractivity contribution >= 4 is 17.6 Å². The van der Waals surface area contributed by atoms with Crippen molar-refractivity contribution in [3.63, 3.8) is 0 Å². The average molecular weight is 761 g/mol. The van der Waals surface area contributed by atoms with Gasteiger partial charge in [-0.1, -0.05) is 0 Å². The summed E-state index contributed by atoms with van der Waals surface area (Å²) in [5.74, 6) is 0. The molecule has 0 heterocycles. The van der Waals surface area contributed by atoms with E-state index in [9.17, 15) is 0 Å². The van der Waals surface area contributed by atoms with Crippen LogP contribution in [0.25, 0.3) is 34.4 Å². The maximum absolute atomic E-state index is 4.13. The molecule has 0 saturated heterocycles. The third-order valence-electron chi connectivity index (χ3n) is 10.7. The summed E-state index contributed by atoms with van der Waals surface area (Å²) in [7, 11) is 0. The van der Waals surface area contributed by atoms with Gasteiger partial charge in [-0.3, -0.25) is 0 Å². The second-order valence-corrected chi connectivity index (χ2v) is 61.8. The number of aryl methyl sites for hydroxylation is 2. The van der Waals surface area contributed by atoms with Crippen LogP contribution in [0.2, 0.25) is 19.4 Å². The standard InChI is InChI=1S/2C16H13.C8H18Si.2CH3.Hf/c2*1-12-5-2-8-14(11-12)16-10-4-7-13-6-3-9-15(13)16;1-7(2,3)9-8(4,5)6;;;/h2*2-11H,1H3;1-6H3;2*1H3;. The Labute approximate surface area is 268 Å². The molecule has 0 nitrogen and oxygen atoms in total. The summed E-state index contributed by atoms with van der Waals surface area (Å²) >= 11 is -4.13. The van der Waals surface area contributed by atoms with Gasteiger partial charge >= 0.3 is 270 Å². The van der Waals surface area contributed by atoms with Gasteiger partial charge < -0.3 is 0 Å². The molecule has 0 amide bonds. The monoisotopic (exact) mass is 762 g/mol. The van der Waals surface area contributed by atoms with Crippen LogP contribution in [0.3, 0.4) is 0 Å². The maximum atomic E-state index is 2.90. The SMILES string of the molecule is Cc1cccc(-c2cccc3c2C=C[CH]3[Hf]([CH3])([CH3])([CH]2C=Cc3c(-c4cccc(C)c4)cccc32)=[Si](C(C)(C)C)C(C)(C)C)c1. The van der Waals surface area contributed by atoms with Gasteiger partial charge in [0.25, 0.3) is 0 Å². The summed E-state index contributed by atoms with van der Waals surface area (Å²) in [6, 6.07) is 32.4. The van der Waals surface area contributed by atoms with Crippen molar-refractivity contribution in [3.05, 3.63) is 130 Å². The van der Waals surface area contributed by atoms with Crippen molar-refractivity contribution in [1.82, 2.24) is 0 Å². The molecule has 2 unspecified atom stereocenters. The predicted molar refractivity (Wildman–Crippen MR) is 194 cm³/mol. The Hall–Kier alpha value is -2.55. The van der Waals surface area contributed by atoms with Gasteiger partial charge in [0.15, 0.2) is 0 Å². The molecule has 226 valence electrons. The molecule has 4 aromatic rings. The number of hydrogen-bond acceptors (Lipinski definition) is 0. The van der Waals surface area contributed by atoms with Crippen LogP contribution in [-0.4, -0.2) is 5.49 Å². The molecule has 0 radical (unpaired) electrons. The van der Waals surface area contributed by atoms with Crippen LogP contribution in [0.5, 0.6) is 0 Å². The molecule has 44 heavy (non-hydrogen) atoms. The second-order valence-electron chi connectivity index (χ2n) is 16.5. The number of fused-ring (bicyclic) bond motifs is 2. The van der Waals surface area contributed by atoms with E-state index >= 15 is 0 Å². The van der Waals surface area contributed by atoms with Gasteiger partial charge in [0, 0.05) is 0 Å². The van der Waals surface area contributed by atoms with E-state index < -0.39 is 22.6 Å². The Morgan fingerprint density at radius 3 is 1.30 bits per heavy atom. The van der Waals surface area contributed by atoms with Crippen molar-refractivity contribution in [3.8, 4) is 22.3 Å². The first-order valence-electron chi connectivity index (χ1n) is 16.4. The molecule has 0 aliphatic heterocycles. The second kappa shape index (κ2) is 10.8. The van der Waals surface area contributed by atoms with Gasteiger partial charge in [-0.15, -0.1) is 0 Å². The Bertz CT molecular complexity index is 1780. The Balaban J connectivity index is 1.66. The van der Waals surface area contributed by atoms with Gasteiger partial charge in [0.2, 0.25) is 0 Å². The molecular weight excluding hydrogens is 711 g/mol. The number of hydrogen-bond donors (Lipinski definition) is 0. The summed E-state index contributed by atoms with van der Waals surface area (Å²) in [4.78, 5) is 0. The molecule has 0 bridgehead atoms. The Kier molecular flexibility index (Phi) is 7.69. The zero-order chi connectivity index (χ0) is 31.7. The quantitative estimate of drug-likeness (QED) is 0.182. The molecule has 2 aliphatic rings. The van der Waals surface area contributed by atoms with Crippen LogP contribution in [0.4, 0.5) is 0 Å². The van der Waals surface area contributed by atoms with E-state index in [1.165, 1.54) is 44.5 Å². The summed E-state index contributed by atoms with van der Waals surface area (Å²) in [5, 5.41) is 0.523. The number of allylic oxidation sites excluding steroid dienone is 2. The zero-order valence-corrected chi connectivity index (χ0v) is 33.1. The van der Waals surface area contributed by atoms with Crippen LogP contribution < -0.4 is 0 Å². The van der Waals surface area contributed by atoms with Gasteiger partial charge in [0.05, 0.1) is 0 Å². The van der Waals surface area contributed by atoms with E-state index in [-0.39, 0.29) is 10.1 Å². The Morgan fingerprint density at radius 2 is 0.932 bits per heavy atom. The molecule has 0 N–H and O–H groups in total. The molecule has 6 rings (SSSR count). The van der Waals surface area contributed by atoms with E-state index in [2.05, 4.69) is 174 Å². The fourth-order valence-corrected chi connectivity index (χ4v) is 94.8. The molecule has 0 fully saturated rings. The number of rotatable bonds is 4. The first-order valence-corrected chi connectivity index (χ1v) is 34.7. The normalized spacial score (nSPS) is 18.0. The van der Waals surface area contributed by atoms with Gasteiger partial charge in [-0.25, -0.2) is 0 Å². The third-order valence-corrected chi connectivity index (χ3v) is 70.9. The molecule has 0 aromatic heterocycles. The van der Waals surface area contributed by atoms with E-state index in [1.807, 2.05) is 0 Å². The van der Waals surface area contributed by atoms with Crippen LogP contribution in [0.1, 0.15) is 82.3 Å². The first kappa shape index (κ1) is 31.4.